The standard InChI is InChI=1S/C20H21N3O2S2/c1-4-25-16-9-6-14(7-10-16)22-19(24)17-18(21)23(20(26)27-17)15-8-5-12(2)13(3)11-15/h5-11H,4,21H2,1-3H3,(H,22,24). The van der Waals surface area contributed by atoms with Crippen molar-refractivity contribution in [1.29, 1.82) is 0 Å². The fourth-order valence-electron chi connectivity index (χ4n) is 2.65. The Morgan fingerprint density at radius 2 is 1.89 bits per heavy atom. The second kappa shape index (κ2) is 7.94. The van der Waals surface area contributed by atoms with Crippen LogP contribution in [0.5, 0.6) is 5.75 Å². The zero-order valence-corrected chi connectivity index (χ0v) is 17.0. The number of nitrogens with two attached hydrogens (primary N) is 1. The van der Waals surface area contributed by atoms with E-state index in [1.54, 1.807) is 16.7 Å². The lowest BCUT2D eigenvalue weighted by molar-refractivity contribution is 0.103. The van der Waals surface area contributed by atoms with Crippen molar-refractivity contribution in [1.82, 2.24) is 4.57 Å². The molecule has 0 aliphatic rings. The molecular formula is C20H21N3O2S2. The fraction of sp³-hybridized carbons (Fsp3) is 0.200. The number of nitrogens with zero attached hydrogens (tertiary/aromatic N) is 1. The van der Waals surface area contributed by atoms with Gasteiger partial charge in [0.25, 0.3) is 5.91 Å². The van der Waals surface area contributed by atoms with Gasteiger partial charge in [-0.3, -0.25) is 9.36 Å². The molecule has 27 heavy (non-hydrogen) atoms. The van der Waals surface area contributed by atoms with Gasteiger partial charge in [-0.15, -0.1) is 0 Å². The number of amides is 1. The summed E-state index contributed by atoms with van der Waals surface area (Å²) in [5.74, 6) is 0.818. The van der Waals surface area contributed by atoms with E-state index < -0.39 is 0 Å². The number of thiazole rings is 1. The minimum absolute atomic E-state index is 0.282. The molecule has 0 saturated heterocycles. The molecule has 7 heteroatoms. The molecule has 5 nitrogen and oxygen atoms in total. The molecule has 140 valence electrons. The summed E-state index contributed by atoms with van der Waals surface area (Å²) < 4.78 is 7.68. The van der Waals surface area contributed by atoms with Crippen LogP contribution in [0.2, 0.25) is 0 Å². The molecule has 3 N–H and O–H groups in total. The fourth-order valence-corrected chi connectivity index (χ4v) is 3.91. The molecule has 1 heterocycles. The molecule has 0 aliphatic carbocycles. The minimum Gasteiger partial charge on any atom is -0.494 e. The van der Waals surface area contributed by atoms with Gasteiger partial charge in [0.1, 0.15) is 16.4 Å². The van der Waals surface area contributed by atoms with Crippen LogP contribution in [0.3, 0.4) is 0 Å². The Hall–Kier alpha value is -2.64. The second-order valence-corrected chi connectivity index (χ2v) is 7.74. The quantitative estimate of drug-likeness (QED) is 0.584. The van der Waals surface area contributed by atoms with Crippen molar-refractivity contribution in [2.45, 2.75) is 20.8 Å². The lowest BCUT2D eigenvalue weighted by atomic mass is 10.1. The van der Waals surface area contributed by atoms with E-state index in [0.29, 0.717) is 26.9 Å². The van der Waals surface area contributed by atoms with E-state index >= 15 is 0 Å². The van der Waals surface area contributed by atoms with E-state index in [2.05, 4.69) is 5.32 Å². The predicted molar refractivity (Wildman–Crippen MR) is 114 cm³/mol. The van der Waals surface area contributed by atoms with Crippen LogP contribution < -0.4 is 15.8 Å². The van der Waals surface area contributed by atoms with Crippen molar-refractivity contribution in [2.24, 2.45) is 0 Å². The van der Waals surface area contributed by atoms with Crippen LogP contribution in [-0.4, -0.2) is 17.1 Å². The first kappa shape index (κ1) is 19.1. The Bertz CT molecular complexity index is 1040. The van der Waals surface area contributed by atoms with E-state index in [9.17, 15) is 4.79 Å². The average Bonchev–Trinajstić information content (AvgIpc) is 2.94. The second-order valence-electron chi connectivity index (χ2n) is 6.10. The summed E-state index contributed by atoms with van der Waals surface area (Å²) in [5, 5.41) is 2.86. The summed E-state index contributed by atoms with van der Waals surface area (Å²) in [6, 6.07) is 13.2. The van der Waals surface area contributed by atoms with Gasteiger partial charge in [0.15, 0.2) is 3.95 Å². The van der Waals surface area contributed by atoms with Crippen LogP contribution in [0.1, 0.15) is 27.7 Å². The molecule has 0 atom stereocenters. The van der Waals surface area contributed by atoms with Gasteiger partial charge in [0, 0.05) is 11.4 Å². The number of aromatic nitrogens is 1. The van der Waals surface area contributed by atoms with Gasteiger partial charge in [-0.25, -0.2) is 0 Å². The molecule has 2 aromatic carbocycles. The number of carbonyl (C=O) groups excluding carboxylic acids is 1. The first-order valence-corrected chi connectivity index (χ1v) is 9.76. The van der Waals surface area contributed by atoms with E-state index in [1.165, 1.54) is 16.9 Å². The number of hydrogen-bond acceptors (Lipinski definition) is 5. The van der Waals surface area contributed by atoms with Crippen LogP contribution in [0.4, 0.5) is 11.5 Å². The molecular weight excluding hydrogens is 378 g/mol. The van der Waals surface area contributed by atoms with Gasteiger partial charge in [-0.05, 0) is 80.5 Å². The molecule has 0 fully saturated rings. The number of ether oxygens (including phenoxy) is 1. The van der Waals surface area contributed by atoms with E-state index in [4.69, 9.17) is 22.7 Å². The Morgan fingerprint density at radius 3 is 2.52 bits per heavy atom. The van der Waals surface area contributed by atoms with Crippen LogP contribution in [0.15, 0.2) is 42.5 Å². The van der Waals surface area contributed by atoms with Gasteiger partial charge in [0.05, 0.1) is 6.61 Å². The summed E-state index contributed by atoms with van der Waals surface area (Å²) in [6.07, 6.45) is 0. The third-order valence-electron chi connectivity index (χ3n) is 4.22. The molecule has 1 amide bonds. The average molecular weight is 400 g/mol. The summed E-state index contributed by atoms with van der Waals surface area (Å²) in [5.41, 5.74) is 10.1. The Kier molecular flexibility index (Phi) is 5.62. The third-order valence-corrected chi connectivity index (χ3v) is 5.61. The normalized spacial score (nSPS) is 10.6. The summed E-state index contributed by atoms with van der Waals surface area (Å²) in [6.45, 7) is 6.60. The van der Waals surface area contributed by atoms with E-state index in [1.807, 2.05) is 51.1 Å². The van der Waals surface area contributed by atoms with Crippen molar-refractivity contribution >= 4 is 41.0 Å². The zero-order valence-electron chi connectivity index (χ0n) is 15.4. The van der Waals surface area contributed by atoms with Gasteiger partial charge >= 0.3 is 0 Å². The van der Waals surface area contributed by atoms with Gasteiger partial charge in [-0.2, -0.15) is 0 Å². The number of aryl methyl sites for hydroxylation is 2. The molecule has 1 aromatic heterocycles. The Labute approximate surface area is 167 Å². The van der Waals surface area contributed by atoms with Gasteiger partial charge in [-0.1, -0.05) is 17.4 Å². The van der Waals surface area contributed by atoms with Gasteiger partial charge < -0.3 is 15.8 Å². The lowest BCUT2D eigenvalue weighted by Crippen LogP contribution is -2.13. The number of nitrogen functional groups attached to an aromatic ring is 1. The van der Waals surface area contributed by atoms with E-state index in [0.717, 1.165) is 17.0 Å². The molecule has 0 bridgehead atoms. The minimum atomic E-state index is -0.282. The lowest BCUT2D eigenvalue weighted by Gasteiger charge is -2.09. The number of benzene rings is 2. The van der Waals surface area contributed by atoms with E-state index in [-0.39, 0.29) is 5.91 Å². The SMILES string of the molecule is CCOc1ccc(NC(=O)c2sc(=S)n(-c3ccc(C)c(C)c3)c2N)cc1. The van der Waals surface area contributed by atoms with Gasteiger partial charge in [0.2, 0.25) is 0 Å². The molecule has 0 saturated carbocycles. The van der Waals surface area contributed by atoms with Crippen LogP contribution in [0.25, 0.3) is 5.69 Å². The first-order valence-electron chi connectivity index (χ1n) is 8.54. The molecule has 3 aromatic rings. The number of rotatable bonds is 5. The van der Waals surface area contributed by atoms with Crippen LogP contribution in [-0.2, 0) is 0 Å². The molecule has 0 spiro atoms. The highest BCUT2D eigenvalue weighted by molar-refractivity contribution is 7.73. The number of carbonyl (C=O) groups is 1. The van der Waals surface area contributed by atoms with Crippen molar-refractivity contribution < 1.29 is 9.53 Å². The maximum absolute atomic E-state index is 12.7. The summed E-state index contributed by atoms with van der Waals surface area (Å²) in [4.78, 5) is 13.1. The van der Waals surface area contributed by atoms with Crippen LogP contribution >= 0.6 is 23.6 Å². The molecule has 0 unspecified atom stereocenters. The zero-order chi connectivity index (χ0) is 19.6. The largest absolute Gasteiger partial charge is 0.494 e. The monoisotopic (exact) mass is 399 g/mol. The summed E-state index contributed by atoms with van der Waals surface area (Å²) >= 11 is 6.65. The topological polar surface area (TPSA) is 69.3 Å². The number of hydrogen-bond donors (Lipinski definition) is 2. The number of anilines is 2. The molecule has 0 aliphatic heterocycles. The summed E-state index contributed by atoms with van der Waals surface area (Å²) in [7, 11) is 0. The highest BCUT2D eigenvalue weighted by Gasteiger charge is 2.18. The highest BCUT2D eigenvalue weighted by Crippen LogP contribution is 2.28. The third kappa shape index (κ3) is 4.04. The smallest absolute Gasteiger partial charge is 0.269 e. The van der Waals surface area contributed by atoms with Crippen molar-refractivity contribution in [3.8, 4) is 11.4 Å². The Balaban J connectivity index is 1.88. The Morgan fingerprint density at radius 1 is 1.19 bits per heavy atom. The maximum Gasteiger partial charge on any atom is 0.269 e. The van der Waals surface area contributed by atoms with Crippen molar-refractivity contribution in [2.75, 3.05) is 17.7 Å². The van der Waals surface area contributed by atoms with Crippen LogP contribution in [0, 0.1) is 17.8 Å². The molecule has 0 radical (unpaired) electrons. The first-order chi connectivity index (χ1) is 12.9. The van der Waals surface area contributed by atoms with Crippen molar-refractivity contribution in [3.63, 3.8) is 0 Å². The highest BCUT2D eigenvalue weighted by atomic mass is 32.1. The van der Waals surface area contributed by atoms with Crippen molar-refractivity contribution in [3.05, 3.63) is 62.4 Å². The predicted octanol–water partition coefficient (Wildman–Crippen LogP) is 5.12. The molecule has 3 rings (SSSR count). The maximum atomic E-state index is 12.7. The number of nitrogens with one attached hydrogen (secondary N) is 1.